The van der Waals surface area contributed by atoms with Crippen LogP contribution in [0.4, 0.5) is 5.69 Å². The van der Waals surface area contributed by atoms with Crippen molar-refractivity contribution in [1.82, 2.24) is 14.8 Å². The molecule has 4 N–H and O–H groups in total. The molecular formula is C15H21N5O2. The van der Waals surface area contributed by atoms with Gasteiger partial charge in [0.15, 0.2) is 5.69 Å². The predicted octanol–water partition coefficient (Wildman–Crippen LogP) is 1.79. The number of primary amides is 1. The van der Waals surface area contributed by atoms with Crippen LogP contribution in [0.1, 0.15) is 58.9 Å². The van der Waals surface area contributed by atoms with E-state index in [1.165, 1.54) is 0 Å². The Labute approximate surface area is 128 Å². The van der Waals surface area contributed by atoms with Gasteiger partial charge in [-0.05, 0) is 18.4 Å². The number of aryl methyl sites for hydroxylation is 1. The predicted molar refractivity (Wildman–Crippen MR) is 83.9 cm³/mol. The summed E-state index contributed by atoms with van der Waals surface area (Å²) in [6.45, 7) is 5.86. The van der Waals surface area contributed by atoms with Crippen LogP contribution < -0.4 is 11.1 Å². The number of carbonyl (C=O) groups is 2. The highest BCUT2D eigenvalue weighted by Crippen LogP contribution is 2.26. The molecule has 2 heterocycles. The second-order valence-electron chi connectivity index (χ2n) is 5.47. The molecule has 0 aromatic carbocycles. The summed E-state index contributed by atoms with van der Waals surface area (Å²) in [6.07, 6.45) is 2.57. The molecule has 22 heavy (non-hydrogen) atoms. The van der Waals surface area contributed by atoms with Gasteiger partial charge in [0.1, 0.15) is 0 Å². The zero-order valence-electron chi connectivity index (χ0n) is 13.2. The van der Waals surface area contributed by atoms with Crippen molar-refractivity contribution in [2.75, 3.05) is 5.32 Å². The Morgan fingerprint density at radius 3 is 2.68 bits per heavy atom. The van der Waals surface area contributed by atoms with Gasteiger partial charge in [-0.25, -0.2) is 0 Å². The Hall–Kier alpha value is -2.57. The normalized spacial score (nSPS) is 11.0. The molecule has 0 saturated carbocycles. The third-order valence-electron chi connectivity index (χ3n) is 3.62. The molecule has 0 unspecified atom stereocenters. The van der Waals surface area contributed by atoms with Gasteiger partial charge in [0.25, 0.3) is 11.8 Å². The van der Waals surface area contributed by atoms with Gasteiger partial charge in [-0.2, -0.15) is 5.10 Å². The lowest BCUT2D eigenvalue weighted by Gasteiger charge is -2.10. The number of nitrogens with zero attached hydrogens (tertiary/aromatic N) is 2. The molecule has 0 aliphatic carbocycles. The molecule has 2 rings (SSSR count). The fourth-order valence-electron chi connectivity index (χ4n) is 2.47. The average Bonchev–Trinajstić information content (AvgIpc) is 3.02. The van der Waals surface area contributed by atoms with Crippen LogP contribution in [0.5, 0.6) is 0 Å². The molecular weight excluding hydrogens is 282 g/mol. The van der Waals surface area contributed by atoms with Crippen molar-refractivity contribution in [2.24, 2.45) is 12.8 Å². The average molecular weight is 303 g/mol. The van der Waals surface area contributed by atoms with Crippen LogP contribution >= 0.6 is 0 Å². The minimum absolute atomic E-state index is 0.0472. The molecule has 0 radical (unpaired) electrons. The van der Waals surface area contributed by atoms with E-state index in [0.29, 0.717) is 16.9 Å². The topological polar surface area (TPSA) is 106 Å². The smallest absolute Gasteiger partial charge is 0.271 e. The molecule has 0 aliphatic heterocycles. The first-order valence-corrected chi connectivity index (χ1v) is 7.20. The Bertz CT molecular complexity index is 712. The lowest BCUT2D eigenvalue weighted by atomic mass is 10.1. The molecule has 7 heteroatoms. The summed E-state index contributed by atoms with van der Waals surface area (Å²) < 4.78 is 1.91. The second kappa shape index (κ2) is 6.05. The number of carbonyl (C=O) groups excluding carboxylic acids is 2. The van der Waals surface area contributed by atoms with Gasteiger partial charge in [-0.15, -0.1) is 0 Å². The molecule has 2 aromatic heterocycles. The van der Waals surface area contributed by atoms with E-state index in [-0.39, 0.29) is 17.5 Å². The van der Waals surface area contributed by atoms with E-state index in [1.807, 2.05) is 38.6 Å². The summed E-state index contributed by atoms with van der Waals surface area (Å²) >= 11 is 0. The Kier molecular flexibility index (Phi) is 4.35. The van der Waals surface area contributed by atoms with Gasteiger partial charge < -0.3 is 15.6 Å². The number of aromatic nitrogens is 3. The van der Waals surface area contributed by atoms with E-state index >= 15 is 0 Å². The zero-order chi connectivity index (χ0) is 16.4. The van der Waals surface area contributed by atoms with E-state index in [1.54, 1.807) is 6.07 Å². The van der Waals surface area contributed by atoms with E-state index in [4.69, 9.17) is 5.73 Å². The minimum atomic E-state index is -0.678. The highest BCUT2D eigenvalue weighted by atomic mass is 16.2. The van der Waals surface area contributed by atoms with E-state index in [2.05, 4.69) is 15.5 Å². The van der Waals surface area contributed by atoms with Crippen molar-refractivity contribution >= 4 is 17.5 Å². The number of rotatable bonds is 5. The van der Waals surface area contributed by atoms with Crippen LogP contribution in [-0.4, -0.2) is 26.6 Å². The molecule has 2 aromatic rings. The lowest BCUT2D eigenvalue weighted by Crippen LogP contribution is -2.19. The third kappa shape index (κ3) is 2.74. The second-order valence-corrected chi connectivity index (χ2v) is 5.47. The Morgan fingerprint density at radius 1 is 1.45 bits per heavy atom. The van der Waals surface area contributed by atoms with Crippen molar-refractivity contribution in [3.05, 3.63) is 34.9 Å². The summed E-state index contributed by atoms with van der Waals surface area (Å²) in [5.41, 5.74) is 7.91. The van der Waals surface area contributed by atoms with Crippen molar-refractivity contribution in [1.29, 1.82) is 0 Å². The Balaban J connectivity index is 2.39. The number of aromatic amines is 1. The molecule has 0 aliphatic rings. The molecule has 0 atom stereocenters. The summed E-state index contributed by atoms with van der Waals surface area (Å²) in [7, 11) is 1.89. The van der Waals surface area contributed by atoms with Crippen molar-refractivity contribution in [3.8, 4) is 0 Å². The standard InChI is InChI=1S/C15H21N5O2/c1-5-10-9(6-7-20(10)4)15(22)17-12-11(8(2)3)18-19-13(12)14(16)21/h6-8H,5H2,1-4H3,(H2,16,21)(H,17,22)(H,18,19). The molecule has 2 amide bonds. The van der Waals surface area contributed by atoms with Crippen LogP contribution in [0, 0.1) is 0 Å². The lowest BCUT2D eigenvalue weighted by molar-refractivity contribution is 0.0996. The summed E-state index contributed by atoms with van der Waals surface area (Å²) in [6, 6.07) is 1.76. The maximum absolute atomic E-state index is 12.5. The largest absolute Gasteiger partial charge is 0.364 e. The van der Waals surface area contributed by atoms with Crippen LogP contribution in [0.3, 0.4) is 0 Å². The van der Waals surface area contributed by atoms with Crippen LogP contribution in [0.2, 0.25) is 0 Å². The number of hydrogen-bond acceptors (Lipinski definition) is 3. The van der Waals surface area contributed by atoms with Gasteiger partial charge in [0.2, 0.25) is 0 Å². The number of hydrogen-bond donors (Lipinski definition) is 3. The monoisotopic (exact) mass is 303 g/mol. The van der Waals surface area contributed by atoms with Gasteiger partial charge >= 0.3 is 0 Å². The number of anilines is 1. The van der Waals surface area contributed by atoms with Crippen molar-refractivity contribution in [3.63, 3.8) is 0 Å². The fraction of sp³-hybridized carbons (Fsp3) is 0.400. The fourth-order valence-corrected chi connectivity index (χ4v) is 2.47. The molecule has 0 bridgehead atoms. The highest BCUT2D eigenvalue weighted by Gasteiger charge is 2.23. The molecule has 7 nitrogen and oxygen atoms in total. The first-order valence-electron chi connectivity index (χ1n) is 7.20. The van der Waals surface area contributed by atoms with Gasteiger partial charge in [0.05, 0.1) is 16.9 Å². The summed E-state index contributed by atoms with van der Waals surface area (Å²) in [4.78, 5) is 24.0. The van der Waals surface area contributed by atoms with Gasteiger partial charge in [-0.3, -0.25) is 14.7 Å². The van der Waals surface area contributed by atoms with Crippen LogP contribution in [0.15, 0.2) is 12.3 Å². The molecule has 0 spiro atoms. The quantitative estimate of drug-likeness (QED) is 0.784. The first kappa shape index (κ1) is 15.8. The minimum Gasteiger partial charge on any atom is -0.364 e. The maximum Gasteiger partial charge on any atom is 0.271 e. The third-order valence-corrected chi connectivity index (χ3v) is 3.62. The summed E-state index contributed by atoms with van der Waals surface area (Å²) in [5, 5.41) is 9.47. The number of H-pyrrole nitrogens is 1. The zero-order valence-corrected chi connectivity index (χ0v) is 13.2. The number of nitrogens with two attached hydrogens (primary N) is 1. The molecule has 0 fully saturated rings. The van der Waals surface area contributed by atoms with Crippen molar-refractivity contribution < 1.29 is 9.59 Å². The Morgan fingerprint density at radius 2 is 2.14 bits per heavy atom. The first-order chi connectivity index (χ1) is 10.4. The van der Waals surface area contributed by atoms with Gasteiger partial charge in [0, 0.05) is 18.9 Å². The van der Waals surface area contributed by atoms with Crippen molar-refractivity contribution in [2.45, 2.75) is 33.1 Å². The number of nitrogens with one attached hydrogen (secondary N) is 2. The van der Waals surface area contributed by atoms with E-state index in [9.17, 15) is 9.59 Å². The maximum atomic E-state index is 12.5. The summed E-state index contributed by atoms with van der Waals surface area (Å²) in [5.74, 6) is -0.886. The number of amides is 2. The van der Waals surface area contributed by atoms with E-state index < -0.39 is 5.91 Å². The van der Waals surface area contributed by atoms with E-state index in [0.717, 1.165) is 12.1 Å². The highest BCUT2D eigenvalue weighted by molar-refractivity contribution is 6.09. The molecule has 0 saturated heterocycles. The van der Waals surface area contributed by atoms with Crippen LogP contribution in [-0.2, 0) is 13.5 Å². The van der Waals surface area contributed by atoms with Crippen LogP contribution in [0.25, 0.3) is 0 Å². The molecule has 118 valence electrons. The SMILES string of the molecule is CCc1c(C(=O)Nc2c(C(N)=O)n[nH]c2C(C)C)ccn1C. The van der Waals surface area contributed by atoms with Gasteiger partial charge in [-0.1, -0.05) is 20.8 Å².